The van der Waals surface area contributed by atoms with E-state index in [1.807, 2.05) is 0 Å². The zero-order chi connectivity index (χ0) is 18.2. The Morgan fingerprint density at radius 2 is 1.76 bits per heavy atom. The molecule has 1 aliphatic heterocycles. The van der Waals surface area contributed by atoms with Gasteiger partial charge in [-0.2, -0.15) is 13.2 Å². The van der Waals surface area contributed by atoms with Gasteiger partial charge in [0.2, 0.25) is 11.8 Å². The van der Waals surface area contributed by atoms with Gasteiger partial charge in [0, 0.05) is 19.2 Å². The second-order valence-corrected chi connectivity index (χ2v) is 5.80. The number of benzene rings is 2. The van der Waals surface area contributed by atoms with Crippen LogP contribution in [0.4, 0.5) is 24.5 Å². The monoisotopic (exact) mass is 348 g/mol. The smallest absolute Gasteiger partial charge is 0.325 e. The number of carbonyl (C=O) groups excluding carboxylic acids is 2. The molecule has 1 N–H and O–H groups in total. The van der Waals surface area contributed by atoms with Crippen LogP contribution in [0.3, 0.4) is 0 Å². The van der Waals surface area contributed by atoms with E-state index in [1.54, 1.807) is 31.3 Å². The highest BCUT2D eigenvalue weighted by molar-refractivity contribution is 6.06. The molecule has 0 aliphatic carbocycles. The lowest BCUT2D eigenvalue weighted by Gasteiger charge is -2.31. The summed E-state index contributed by atoms with van der Waals surface area (Å²) in [5, 5.41) is 2.33. The highest BCUT2D eigenvalue weighted by Gasteiger charge is 2.36. The number of rotatable bonds is 2. The zero-order valence-electron chi connectivity index (χ0n) is 13.3. The van der Waals surface area contributed by atoms with Crippen molar-refractivity contribution < 1.29 is 22.8 Å². The minimum atomic E-state index is -4.58. The lowest BCUT2D eigenvalue weighted by atomic mass is 9.88. The van der Waals surface area contributed by atoms with Gasteiger partial charge in [-0.15, -0.1) is 0 Å². The van der Waals surface area contributed by atoms with Crippen molar-refractivity contribution >= 4 is 23.2 Å². The predicted octanol–water partition coefficient (Wildman–Crippen LogP) is 3.79. The summed E-state index contributed by atoms with van der Waals surface area (Å²) in [4.78, 5) is 26.2. The first-order valence-corrected chi connectivity index (χ1v) is 7.61. The molecule has 2 aromatic rings. The van der Waals surface area contributed by atoms with Crippen LogP contribution in [0.5, 0.6) is 0 Å². The number of alkyl halides is 3. The molecule has 1 atom stereocenters. The van der Waals surface area contributed by atoms with Gasteiger partial charge in [-0.25, -0.2) is 0 Å². The zero-order valence-corrected chi connectivity index (χ0v) is 13.3. The van der Waals surface area contributed by atoms with E-state index < -0.39 is 23.6 Å². The minimum Gasteiger partial charge on any atom is -0.325 e. The highest BCUT2D eigenvalue weighted by Crippen LogP contribution is 2.38. The van der Waals surface area contributed by atoms with Gasteiger partial charge in [0.15, 0.2) is 0 Å². The lowest BCUT2D eigenvalue weighted by Crippen LogP contribution is -2.37. The van der Waals surface area contributed by atoms with Crippen molar-refractivity contribution in [2.75, 3.05) is 17.3 Å². The maximum atomic E-state index is 13.1. The molecular formula is C18H15F3N2O2. The van der Waals surface area contributed by atoms with Crippen LogP contribution in [-0.2, 0) is 15.8 Å². The third kappa shape index (κ3) is 3.22. The van der Waals surface area contributed by atoms with Crippen molar-refractivity contribution in [1.82, 2.24) is 0 Å². The van der Waals surface area contributed by atoms with E-state index in [0.717, 1.165) is 6.07 Å². The summed E-state index contributed by atoms with van der Waals surface area (Å²) in [6.45, 7) is 0. The van der Waals surface area contributed by atoms with Gasteiger partial charge in [0.25, 0.3) is 0 Å². The molecule has 7 heteroatoms. The van der Waals surface area contributed by atoms with Crippen LogP contribution in [-0.4, -0.2) is 18.9 Å². The fourth-order valence-corrected chi connectivity index (χ4v) is 2.94. The minimum absolute atomic E-state index is 0.0898. The fourth-order valence-electron chi connectivity index (χ4n) is 2.94. The van der Waals surface area contributed by atoms with Gasteiger partial charge >= 0.3 is 6.18 Å². The first-order valence-electron chi connectivity index (χ1n) is 7.61. The largest absolute Gasteiger partial charge is 0.418 e. The van der Waals surface area contributed by atoms with E-state index in [0.29, 0.717) is 11.3 Å². The molecule has 25 heavy (non-hydrogen) atoms. The highest BCUT2D eigenvalue weighted by atomic mass is 19.4. The molecule has 0 saturated carbocycles. The number of amides is 2. The molecule has 3 rings (SSSR count). The van der Waals surface area contributed by atoms with Crippen molar-refractivity contribution in [3.8, 4) is 0 Å². The molecule has 0 aromatic heterocycles. The SMILES string of the molecule is CN1C(=O)CC(C(=O)Nc2ccccc2C(F)(F)F)c2ccccc21. The van der Waals surface area contributed by atoms with E-state index in [2.05, 4.69) is 5.32 Å². The summed E-state index contributed by atoms with van der Waals surface area (Å²) in [5.74, 6) is -1.73. The standard InChI is InChI=1S/C18H15F3N2O2/c1-23-15-9-5-2-6-11(15)12(10-16(23)24)17(25)22-14-8-4-3-7-13(14)18(19,20)21/h2-9,12H,10H2,1H3,(H,22,25). The molecule has 4 nitrogen and oxygen atoms in total. The topological polar surface area (TPSA) is 49.4 Å². The number of nitrogens with zero attached hydrogens (tertiary/aromatic N) is 1. The molecule has 0 radical (unpaired) electrons. The summed E-state index contributed by atoms with van der Waals surface area (Å²) in [5.41, 5.74) is -0.0330. The molecule has 1 unspecified atom stereocenters. The molecular weight excluding hydrogens is 333 g/mol. The predicted molar refractivity (Wildman–Crippen MR) is 87.3 cm³/mol. The molecule has 0 saturated heterocycles. The maximum Gasteiger partial charge on any atom is 0.418 e. The number of para-hydroxylation sites is 2. The number of halogens is 3. The molecule has 2 amide bonds. The summed E-state index contributed by atoms with van der Waals surface area (Å²) in [6.07, 6.45) is -4.67. The van der Waals surface area contributed by atoms with Gasteiger partial charge in [-0.3, -0.25) is 9.59 Å². The average molecular weight is 348 g/mol. The van der Waals surface area contributed by atoms with E-state index in [4.69, 9.17) is 0 Å². The van der Waals surface area contributed by atoms with Crippen molar-refractivity contribution in [3.05, 3.63) is 59.7 Å². The van der Waals surface area contributed by atoms with E-state index in [-0.39, 0.29) is 18.0 Å². The van der Waals surface area contributed by atoms with Crippen LogP contribution in [0.2, 0.25) is 0 Å². The summed E-state index contributed by atoms with van der Waals surface area (Å²) < 4.78 is 39.2. The molecule has 2 aromatic carbocycles. The Morgan fingerprint density at radius 3 is 2.48 bits per heavy atom. The van der Waals surface area contributed by atoms with Crippen molar-refractivity contribution in [3.63, 3.8) is 0 Å². The van der Waals surface area contributed by atoms with E-state index in [1.165, 1.54) is 23.1 Å². The third-order valence-electron chi connectivity index (χ3n) is 4.23. The third-order valence-corrected chi connectivity index (χ3v) is 4.23. The van der Waals surface area contributed by atoms with Crippen LogP contribution in [0.25, 0.3) is 0 Å². The molecule has 1 heterocycles. The van der Waals surface area contributed by atoms with Crippen LogP contribution in [0.15, 0.2) is 48.5 Å². The molecule has 130 valence electrons. The Labute approximate surface area is 142 Å². The first-order chi connectivity index (χ1) is 11.8. The number of hydrogen-bond acceptors (Lipinski definition) is 2. The molecule has 0 fully saturated rings. The number of anilines is 2. The van der Waals surface area contributed by atoms with E-state index >= 15 is 0 Å². The summed E-state index contributed by atoms with van der Waals surface area (Å²) >= 11 is 0. The number of hydrogen-bond donors (Lipinski definition) is 1. The second kappa shape index (κ2) is 6.23. The van der Waals surface area contributed by atoms with Gasteiger partial charge < -0.3 is 10.2 Å². The lowest BCUT2D eigenvalue weighted by molar-refractivity contribution is -0.137. The number of nitrogens with one attached hydrogen (secondary N) is 1. The van der Waals surface area contributed by atoms with Gasteiger partial charge in [0.1, 0.15) is 0 Å². The van der Waals surface area contributed by atoms with Crippen LogP contribution >= 0.6 is 0 Å². The maximum absolute atomic E-state index is 13.1. The Bertz CT molecular complexity index is 833. The molecule has 0 spiro atoms. The Morgan fingerprint density at radius 1 is 1.12 bits per heavy atom. The van der Waals surface area contributed by atoms with Gasteiger partial charge in [-0.1, -0.05) is 30.3 Å². The average Bonchev–Trinajstić information content (AvgIpc) is 2.57. The van der Waals surface area contributed by atoms with Crippen LogP contribution in [0.1, 0.15) is 23.5 Å². The van der Waals surface area contributed by atoms with Crippen LogP contribution in [0, 0.1) is 0 Å². The molecule has 1 aliphatic rings. The second-order valence-electron chi connectivity index (χ2n) is 5.80. The Balaban J connectivity index is 1.93. The number of fused-ring (bicyclic) bond motifs is 1. The van der Waals surface area contributed by atoms with Gasteiger partial charge in [-0.05, 0) is 23.8 Å². The summed E-state index contributed by atoms with van der Waals surface area (Å²) in [7, 11) is 1.61. The summed E-state index contributed by atoms with van der Waals surface area (Å²) in [6, 6.07) is 11.7. The van der Waals surface area contributed by atoms with Crippen molar-refractivity contribution in [2.45, 2.75) is 18.5 Å². The van der Waals surface area contributed by atoms with E-state index in [9.17, 15) is 22.8 Å². The first kappa shape index (κ1) is 17.0. The van der Waals surface area contributed by atoms with Gasteiger partial charge in [0.05, 0.1) is 17.2 Å². The van der Waals surface area contributed by atoms with Crippen LogP contribution < -0.4 is 10.2 Å². The number of carbonyl (C=O) groups is 2. The molecule has 0 bridgehead atoms. The van der Waals surface area contributed by atoms with Crippen molar-refractivity contribution in [1.29, 1.82) is 0 Å². The normalized spacial score (nSPS) is 17.2. The Hall–Kier alpha value is -2.83. The Kier molecular flexibility index (Phi) is 4.24. The quantitative estimate of drug-likeness (QED) is 0.898. The van der Waals surface area contributed by atoms with Crippen molar-refractivity contribution in [2.24, 2.45) is 0 Å². The fraction of sp³-hybridized carbons (Fsp3) is 0.222.